The van der Waals surface area contributed by atoms with Crippen LogP contribution in [-0.2, 0) is 21.0 Å². The normalized spacial score (nSPS) is 17.2. The van der Waals surface area contributed by atoms with Crippen molar-refractivity contribution >= 4 is 0 Å². The second-order valence-electron chi connectivity index (χ2n) is 4.13. The van der Waals surface area contributed by atoms with Crippen LogP contribution in [0.2, 0.25) is 0 Å². The molecule has 6 nitrogen and oxygen atoms in total. The van der Waals surface area contributed by atoms with Crippen molar-refractivity contribution in [3.63, 3.8) is 0 Å². The summed E-state index contributed by atoms with van der Waals surface area (Å²) in [6, 6.07) is 9.76. The summed E-state index contributed by atoms with van der Waals surface area (Å²) in [4.78, 5) is 8.04. The summed E-state index contributed by atoms with van der Waals surface area (Å²) in [5.74, 6) is -4.39. The lowest BCUT2D eigenvalue weighted by Gasteiger charge is -2.39. The topological polar surface area (TPSA) is 84.7 Å². The van der Waals surface area contributed by atoms with E-state index in [1.165, 1.54) is 38.7 Å². The number of aliphatic hydroxyl groups is 2. The highest BCUT2D eigenvalue weighted by Gasteiger charge is 2.56. The van der Waals surface area contributed by atoms with Gasteiger partial charge in [0.25, 0.3) is 11.6 Å². The maximum atomic E-state index is 10.8. The van der Waals surface area contributed by atoms with Gasteiger partial charge in [-0.1, -0.05) is 12.1 Å². The molecule has 6 heteroatoms. The summed E-state index contributed by atoms with van der Waals surface area (Å²) in [6.45, 7) is 0. The van der Waals surface area contributed by atoms with Crippen LogP contribution >= 0.6 is 0 Å². The summed E-state index contributed by atoms with van der Waals surface area (Å²) in [5, 5.41) is 21.5. The minimum Gasteiger partial charge on any atom is -0.356 e. The molecule has 0 fully saturated rings. The van der Waals surface area contributed by atoms with E-state index in [0.717, 1.165) is 0 Å². The molecule has 0 bridgehead atoms. The first kappa shape index (κ1) is 14.5. The third-order valence-electron chi connectivity index (χ3n) is 3.07. The van der Waals surface area contributed by atoms with Crippen LogP contribution in [0, 0.1) is 0 Å². The molecule has 2 rings (SSSR count). The zero-order valence-corrected chi connectivity index (χ0v) is 11.2. The smallest absolute Gasteiger partial charge is 0.272 e. The minimum absolute atomic E-state index is 0.109. The van der Waals surface area contributed by atoms with Crippen molar-refractivity contribution in [1.29, 1.82) is 0 Å². The standard InChI is InChI=1S/C14H16N2O4/c1-19-13(17,11-7-3-5-9-15-11)14(18,20-2)12-8-4-6-10-16-12/h3-10,17-18H,1-2H3. The molecule has 0 aromatic carbocycles. The Morgan fingerprint density at radius 3 is 1.45 bits per heavy atom. The average molecular weight is 276 g/mol. The van der Waals surface area contributed by atoms with E-state index in [4.69, 9.17) is 9.47 Å². The molecule has 0 aliphatic rings. The number of rotatable bonds is 5. The van der Waals surface area contributed by atoms with Crippen LogP contribution in [0.25, 0.3) is 0 Å². The molecule has 0 amide bonds. The molecule has 0 radical (unpaired) electrons. The highest BCUT2D eigenvalue weighted by Crippen LogP contribution is 2.40. The van der Waals surface area contributed by atoms with Gasteiger partial charge in [-0.05, 0) is 24.3 Å². The lowest BCUT2D eigenvalue weighted by Crippen LogP contribution is -2.53. The Morgan fingerprint density at radius 2 is 1.20 bits per heavy atom. The van der Waals surface area contributed by atoms with Crippen molar-refractivity contribution in [2.24, 2.45) is 0 Å². The molecule has 106 valence electrons. The molecule has 2 heterocycles. The zero-order chi connectivity index (χ0) is 14.6. The Kier molecular flexibility index (Phi) is 4.10. The molecular formula is C14H16N2O4. The Morgan fingerprint density at radius 1 is 0.800 bits per heavy atom. The van der Waals surface area contributed by atoms with Gasteiger partial charge in [-0.25, -0.2) is 0 Å². The first-order chi connectivity index (χ1) is 9.58. The van der Waals surface area contributed by atoms with E-state index < -0.39 is 11.6 Å². The zero-order valence-electron chi connectivity index (χ0n) is 11.2. The minimum atomic E-state index is -2.20. The van der Waals surface area contributed by atoms with E-state index in [1.807, 2.05) is 0 Å². The number of pyridine rings is 2. The van der Waals surface area contributed by atoms with E-state index in [1.54, 1.807) is 24.3 Å². The maximum absolute atomic E-state index is 10.8. The van der Waals surface area contributed by atoms with Gasteiger partial charge < -0.3 is 19.7 Å². The van der Waals surface area contributed by atoms with Crippen LogP contribution in [0.15, 0.2) is 48.8 Å². The highest BCUT2D eigenvalue weighted by atomic mass is 16.7. The fraction of sp³-hybridized carbons (Fsp3) is 0.286. The predicted molar refractivity (Wildman–Crippen MR) is 70.3 cm³/mol. The van der Waals surface area contributed by atoms with Gasteiger partial charge in [0.15, 0.2) is 0 Å². The van der Waals surface area contributed by atoms with Crippen molar-refractivity contribution in [3.05, 3.63) is 60.2 Å². The van der Waals surface area contributed by atoms with Gasteiger partial charge in [-0.15, -0.1) is 0 Å². The fourth-order valence-corrected chi connectivity index (χ4v) is 1.96. The number of hydrogen-bond acceptors (Lipinski definition) is 6. The average Bonchev–Trinajstić information content (AvgIpc) is 2.54. The SMILES string of the molecule is COC(O)(c1ccccn1)C(O)(OC)c1ccccn1. The van der Waals surface area contributed by atoms with E-state index in [9.17, 15) is 10.2 Å². The second-order valence-corrected chi connectivity index (χ2v) is 4.13. The molecule has 0 aliphatic heterocycles. The van der Waals surface area contributed by atoms with Crippen LogP contribution in [0.1, 0.15) is 11.4 Å². The molecule has 2 atom stereocenters. The first-order valence-corrected chi connectivity index (χ1v) is 5.96. The monoisotopic (exact) mass is 276 g/mol. The quantitative estimate of drug-likeness (QED) is 0.784. The molecule has 0 saturated heterocycles. The van der Waals surface area contributed by atoms with Gasteiger partial charge >= 0.3 is 0 Å². The molecule has 0 spiro atoms. The summed E-state index contributed by atoms with van der Waals surface area (Å²) in [6.07, 6.45) is 2.96. The van der Waals surface area contributed by atoms with Crippen LogP contribution in [0.3, 0.4) is 0 Å². The lowest BCUT2D eigenvalue weighted by atomic mass is 9.97. The molecule has 0 saturated carbocycles. The Hall–Kier alpha value is -1.86. The van der Waals surface area contributed by atoms with E-state index in [-0.39, 0.29) is 11.4 Å². The highest BCUT2D eigenvalue weighted by molar-refractivity contribution is 5.21. The van der Waals surface area contributed by atoms with Crippen molar-refractivity contribution in [2.45, 2.75) is 11.6 Å². The number of nitrogens with zero attached hydrogens (tertiary/aromatic N) is 2. The van der Waals surface area contributed by atoms with Gasteiger partial charge in [0.2, 0.25) is 0 Å². The predicted octanol–water partition coefficient (Wildman–Crippen LogP) is 0.760. The number of ether oxygens (including phenoxy) is 2. The molecule has 2 unspecified atom stereocenters. The molecular weight excluding hydrogens is 260 g/mol. The van der Waals surface area contributed by atoms with Gasteiger partial charge in [0, 0.05) is 26.6 Å². The number of methoxy groups -OCH3 is 2. The van der Waals surface area contributed by atoms with Crippen molar-refractivity contribution in [3.8, 4) is 0 Å². The second kappa shape index (κ2) is 5.64. The van der Waals surface area contributed by atoms with E-state index >= 15 is 0 Å². The third kappa shape index (κ3) is 2.19. The van der Waals surface area contributed by atoms with Gasteiger partial charge in [-0.2, -0.15) is 0 Å². The summed E-state index contributed by atoms with van der Waals surface area (Å²) >= 11 is 0. The van der Waals surface area contributed by atoms with Crippen LogP contribution in [-0.4, -0.2) is 34.4 Å². The molecule has 2 aromatic heterocycles. The number of hydrogen-bond donors (Lipinski definition) is 2. The summed E-state index contributed by atoms with van der Waals surface area (Å²) in [7, 11) is 2.50. The Labute approximate surface area is 116 Å². The third-order valence-corrected chi connectivity index (χ3v) is 3.07. The summed E-state index contributed by atoms with van der Waals surface area (Å²) in [5.41, 5.74) is 0.218. The van der Waals surface area contributed by atoms with E-state index in [2.05, 4.69) is 9.97 Å². The Balaban J connectivity index is 2.58. The first-order valence-electron chi connectivity index (χ1n) is 5.96. The van der Waals surface area contributed by atoms with Crippen LogP contribution in [0.4, 0.5) is 0 Å². The van der Waals surface area contributed by atoms with Gasteiger partial charge in [-0.3, -0.25) is 9.97 Å². The van der Waals surface area contributed by atoms with Crippen molar-refractivity contribution < 1.29 is 19.7 Å². The molecule has 0 aliphatic carbocycles. The Bertz CT molecular complexity index is 500. The van der Waals surface area contributed by atoms with Crippen molar-refractivity contribution in [1.82, 2.24) is 9.97 Å². The molecule has 2 aromatic rings. The van der Waals surface area contributed by atoms with Crippen molar-refractivity contribution in [2.75, 3.05) is 14.2 Å². The van der Waals surface area contributed by atoms with Crippen LogP contribution < -0.4 is 0 Å². The van der Waals surface area contributed by atoms with Crippen LogP contribution in [0.5, 0.6) is 0 Å². The number of aromatic nitrogens is 2. The largest absolute Gasteiger partial charge is 0.356 e. The molecule has 2 N–H and O–H groups in total. The maximum Gasteiger partial charge on any atom is 0.272 e. The molecule has 20 heavy (non-hydrogen) atoms. The van der Waals surface area contributed by atoms with Gasteiger partial charge in [0.05, 0.1) is 0 Å². The lowest BCUT2D eigenvalue weighted by molar-refractivity contribution is -0.394. The summed E-state index contributed by atoms with van der Waals surface area (Å²) < 4.78 is 10.2. The van der Waals surface area contributed by atoms with E-state index in [0.29, 0.717) is 0 Å². The van der Waals surface area contributed by atoms with Gasteiger partial charge in [0.1, 0.15) is 11.4 Å². The fourth-order valence-electron chi connectivity index (χ4n) is 1.96.